The predicted octanol–water partition coefficient (Wildman–Crippen LogP) is 4.35. The topological polar surface area (TPSA) is 69.6 Å². The predicted molar refractivity (Wildman–Crippen MR) is 123 cm³/mol. The summed E-state index contributed by atoms with van der Waals surface area (Å²) in [6, 6.07) is 9.79. The molecular weight excluding hydrogens is 484 g/mol. The van der Waals surface area contributed by atoms with Crippen LogP contribution in [0.25, 0.3) is 0 Å². The van der Waals surface area contributed by atoms with Crippen molar-refractivity contribution in [2.45, 2.75) is 24.4 Å². The van der Waals surface area contributed by atoms with Crippen LogP contribution in [0, 0.1) is 23.3 Å². The van der Waals surface area contributed by atoms with Crippen LogP contribution in [-0.2, 0) is 24.3 Å². The first-order valence-corrected chi connectivity index (χ1v) is 11.6. The molecule has 0 atom stereocenters. The number of amides is 2. The molecule has 0 radical (unpaired) electrons. The van der Waals surface area contributed by atoms with Gasteiger partial charge in [-0.3, -0.25) is 9.59 Å². The lowest BCUT2D eigenvalue weighted by atomic mass is 10.0. The number of hydrogen-bond donors (Lipinski definition) is 2. The van der Waals surface area contributed by atoms with Crippen molar-refractivity contribution in [2.24, 2.45) is 0 Å². The number of rotatable bonds is 7. The molecule has 0 fully saturated rings. The van der Waals surface area contributed by atoms with Crippen molar-refractivity contribution in [3.63, 3.8) is 0 Å². The number of nitrogens with one attached hydrogen (secondary N) is 1. The van der Waals surface area contributed by atoms with Crippen LogP contribution in [0.5, 0.6) is 0 Å². The molecule has 1 aliphatic heterocycles. The highest BCUT2D eigenvalue weighted by molar-refractivity contribution is 8.00. The number of carbonyl (C=O) groups is 2. The highest BCUT2D eigenvalue weighted by Gasteiger charge is 2.28. The zero-order valence-electron chi connectivity index (χ0n) is 18.3. The molecule has 0 saturated heterocycles. The van der Waals surface area contributed by atoms with E-state index >= 15 is 0 Å². The third-order valence-corrected chi connectivity index (χ3v) is 6.66. The normalized spacial score (nSPS) is 13.1. The Morgan fingerprint density at radius 1 is 1.00 bits per heavy atom. The molecule has 0 bridgehead atoms. The van der Waals surface area contributed by atoms with Crippen LogP contribution in [0.2, 0.25) is 0 Å². The highest BCUT2D eigenvalue weighted by Crippen LogP contribution is 2.40. The van der Waals surface area contributed by atoms with Crippen LogP contribution in [0.1, 0.15) is 27.0 Å². The zero-order chi connectivity index (χ0) is 25.1. The van der Waals surface area contributed by atoms with Gasteiger partial charge < -0.3 is 15.3 Å². The summed E-state index contributed by atoms with van der Waals surface area (Å²) in [4.78, 5) is 27.9. The van der Waals surface area contributed by atoms with E-state index in [4.69, 9.17) is 0 Å². The van der Waals surface area contributed by atoms with Gasteiger partial charge in [0.05, 0.1) is 18.0 Å². The van der Waals surface area contributed by atoms with Gasteiger partial charge in [-0.05, 0) is 41.8 Å². The average molecular weight is 505 g/mol. The van der Waals surface area contributed by atoms with Crippen LogP contribution in [-0.4, -0.2) is 29.3 Å². The maximum absolute atomic E-state index is 14.0. The van der Waals surface area contributed by atoms with Gasteiger partial charge in [-0.1, -0.05) is 12.1 Å². The number of carbonyl (C=O) groups excluding carboxylic acids is 2. The van der Waals surface area contributed by atoms with E-state index in [2.05, 4.69) is 5.32 Å². The molecule has 182 valence electrons. The first kappa shape index (κ1) is 24.7. The van der Waals surface area contributed by atoms with Crippen LogP contribution >= 0.6 is 11.8 Å². The zero-order valence-corrected chi connectivity index (χ0v) is 19.1. The Kier molecular flexibility index (Phi) is 7.42. The molecule has 4 rings (SSSR count). The third kappa shape index (κ3) is 5.49. The summed E-state index contributed by atoms with van der Waals surface area (Å²) in [6.07, 6.45) is 0.219. The fraction of sp³-hybridized carbons (Fsp3) is 0.200. The minimum atomic E-state index is -1.12. The Balaban J connectivity index is 1.65. The monoisotopic (exact) mass is 504 g/mol. The Morgan fingerprint density at radius 3 is 2.34 bits per heavy atom. The van der Waals surface area contributed by atoms with Crippen molar-refractivity contribution in [3.05, 3.63) is 94.1 Å². The van der Waals surface area contributed by atoms with E-state index in [1.807, 2.05) is 0 Å². The second-order valence-corrected chi connectivity index (χ2v) is 8.87. The summed E-state index contributed by atoms with van der Waals surface area (Å²) in [5.74, 6) is -4.45. The SMILES string of the molecule is O=C(NCc1c(F)cc(F)cc1F)c1cc(CCO)c2c(c1)N(Cc1ccc(F)cc1)C(=O)CS2. The number of halogens is 4. The van der Waals surface area contributed by atoms with Crippen LogP contribution < -0.4 is 10.2 Å². The van der Waals surface area contributed by atoms with Crippen molar-refractivity contribution >= 4 is 29.3 Å². The van der Waals surface area contributed by atoms with Crippen molar-refractivity contribution in [2.75, 3.05) is 17.3 Å². The summed E-state index contributed by atoms with van der Waals surface area (Å²) in [6.45, 7) is -0.575. The summed E-state index contributed by atoms with van der Waals surface area (Å²) >= 11 is 1.29. The second kappa shape index (κ2) is 10.5. The van der Waals surface area contributed by atoms with E-state index < -0.39 is 41.3 Å². The van der Waals surface area contributed by atoms with Gasteiger partial charge in [0.2, 0.25) is 5.91 Å². The summed E-state index contributed by atoms with van der Waals surface area (Å²) in [5.41, 5.74) is 1.40. The smallest absolute Gasteiger partial charge is 0.251 e. The van der Waals surface area contributed by atoms with Gasteiger partial charge in [0, 0.05) is 41.3 Å². The fourth-order valence-electron chi connectivity index (χ4n) is 3.78. The first-order chi connectivity index (χ1) is 16.8. The maximum atomic E-state index is 14.0. The number of aliphatic hydroxyl groups excluding tert-OH is 1. The fourth-order valence-corrected chi connectivity index (χ4v) is 4.87. The van der Waals surface area contributed by atoms with Gasteiger partial charge in [-0.2, -0.15) is 0 Å². The quantitative estimate of drug-likeness (QED) is 0.470. The Hall–Kier alpha value is -3.37. The number of fused-ring (bicyclic) bond motifs is 1. The maximum Gasteiger partial charge on any atom is 0.251 e. The van der Waals surface area contributed by atoms with E-state index in [1.165, 1.54) is 34.9 Å². The molecule has 10 heteroatoms. The van der Waals surface area contributed by atoms with Gasteiger partial charge in [-0.15, -0.1) is 11.8 Å². The Morgan fingerprint density at radius 2 is 1.69 bits per heavy atom. The van der Waals surface area contributed by atoms with Crippen molar-refractivity contribution in [1.82, 2.24) is 5.32 Å². The molecule has 0 saturated carbocycles. The molecule has 0 spiro atoms. The van der Waals surface area contributed by atoms with Gasteiger partial charge in [0.1, 0.15) is 23.3 Å². The van der Waals surface area contributed by atoms with Gasteiger partial charge >= 0.3 is 0 Å². The van der Waals surface area contributed by atoms with Crippen LogP contribution in [0.3, 0.4) is 0 Å². The van der Waals surface area contributed by atoms with E-state index in [9.17, 15) is 32.3 Å². The number of nitrogens with zero attached hydrogens (tertiary/aromatic N) is 1. The van der Waals surface area contributed by atoms with E-state index in [0.29, 0.717) is 28.9 Å². The molecule has 0 aromatic heterocycles. The van der Waals surface area contributed by atoms with E-state index in [-0.39, 0.29) is 36.8 Å². The molecule has 3 aromatic carbocycles. The number of benzene rings is 3. The lowest BCUT2D eigenvalue weighted by molar-refractivity contribution is -0.116. The van der Waals surface area contributed by atoms with Crippen molar-refractivity contribution in [1.29, 1.82) is 0 Å². The lowest BCUT2D eigenvalue weighted by Gasteiger charge is -2.31. The number of anilines is 1. The van der Waals surface area contributed by atoms with Crippen LogP contribution in [0.4, 0.5) is 23.2 Å². The van der Waals surface area contributed by atoms with E-state index in [1.54, 1.807) is 18.2 Å². The molecule has 5 nitrogen and oxygen atoms in total. The minimum Gasteiger partial charge on any atom is -0.396 e. The van der Waals surface area contributed by atoms with E-state index in [0.717, 1.165) is 4.90 Å². The summed E-state index contributed by atoms with van der Waals surface area (Å²) in [5, 5.41) is 11.9. The van der Waals surface area contributed by atoms with Crippen molar-refractivity contribution < 1.29 is 32.3 Å². The highest BCUT2D eigenvalue weighted by atomic mass is 32.2. The molecule has 35 heavy (non-hydrogen) atoms. The molecular formula is C25H20F4N2O3S. The summed E-state index contributed by atoms with van der Waals surface area (Å²) < 4.78 is 54.4. The minimum absolute atomic E-state index is 0.120. The van der Waals surface area contributed by atoms with Crippen molar-refractivity contribution in [3.8, 4) is 0 Å². The van der Waals surface area contributed by atoms with Gasteiger partial charge in [-0.25, -0.2) is 17.6 Å². The largest absolute Gasteiger partial charge is 0.396 e. The lowest BCUT2D eigenvalue weighted by Crippen LogP contribution is -2.35. The third-order valence-electron chi connectivity index (χ3n) is 5.51. The van der Waals surface area contributed by atoms with Gasteiger partial charge in [0.25, 0.3) is 5.91 Å². The Bertz CT molecular complexity index is 1260. The number of aliphatic hydroxyl groups is 1. The molecule has 0 aliphatic carbocycles. The second-order valence-electron chi connectivity index (χ2n) is 7.88. The number of thioether (sulfide) groups is 1. The standard InChI is InChI=1S/C25H20F4N2O3S/c26-17-3-1-14(2-4-17)12-31-22-8-16(7-15(5-6-32)24(22)35-13-23(31)33)25(34)30-11-19-20(28)9-18(27)10-21(19)29/h1-4,7-10,32H,5-6,11-13H2,(H,30,34). The van der Waals surface area contributed by atoms with Gasteiger partial charge in [0.15, 0.2) is 0 Å². The molecule has 2 N–H and O–H groups in total. The van der Waals surface area contributed by atoms with Crippen LogP contribution in [0.15, 0.2) is 53.4 Å². The molecule has 2 amide bonds. The average Bonchev–Trinajstić information content (AvgIpc) is 2.81. The molecule has 0 unspecified atom stereocenters. The Labute approximate surface area is 202 Å². The molecule has 1 heterocycles. The molecule has 3 aromatic rings. The first-order valence-electron chi connectivity index (χ1n) is 10.6. The summed E-state index contributed by atoms with van der Waals surface area (Å²) in [7, 11) is 0. The molecule has 1 aliphatic rings. The number of hydrogen-bond acceptors (Lipinski definition) is 4.